The second kappa shape index (κ2) is 8.79. The zero-order valence-electron chi connectivity index (χ0n) is 16.0. The topological polar surface area (TPSA) is 83.9 Å². The van der Waals surface area contributed by atoms with Crippen molar-refractivity contribution in [1.29, 1.82) is 0 Å². The number of aromatic nitrogens is 3. The number of halogens is 1. The van der Waals surface area contributed by atoms with E-state index in [1.807, 2.05) is 4.68 Å². The van der Waals surface area contributed by atoms with Gasteiger partial charge in [0.05, 0.1) is 5.69 Å². The van der Waals surface area contributed by atoms with Crippen molar-refractivity contribution in [1.82, 2.24) is 25.6 Å². The highest BCUT2D eigenvalue weighted by Crippen LogP contribution is 2.29. The van der Waals surface area contributed by atoms with E-state index in [9.17, 15) is 9.18 Å². The number of hydrogen-bond acceptors (Lipinski definition) is 5. The molecule has 4 rings (SSSR count). The lowest BCUT2D eigenvalue weighted by atomic mass is 9.92. The lowest BCUT2D eigenvalue weighted by molar-refractivity contribution is 0.102. The number of piperidine rings is 2. The first-order chi connectivity index (χ1) is 13.7. The molecule has 2 aliphatic heterocycles. The first-order valence-electron chi connectivity index (χ1n) is 10.1. The lowest BCUT2D eigenvalue weighted by Crippen LogP contribution is -2.32. The third kappa shape index (κ3) is 4.39. The fourth-order valence-corrected chi connectivity index (χ4v) is 4.15. The molecule has 28 heavy (non-hydrogen) atoms. The van der Waals surface area contributed by atoms with Crippen LogP contribution in [0.3, 0.4) is 0 Å². The summed E-state index contributed by atoms with van der Waals surface area (Å²) in [7, 11) is 0. The largest absolute Gasteiger partial charge is 0.321 e. The summed E-state index contributed by atoms with van der Waals surface area (Å²) in [6.07, 6.45) is 4.16. The van der Waals surface area contributed by atoms with Gasteiger partial charge in [-0.15, -0.1) is 5.10 Å². The van der Waals surface area contributed by atoms with Gasteiger partial charge in [-0.25, -0.2) is 9.07 Å². The highest BCUT2D eigenvalue weighted by atomic mass is 19.1. The van der Waals surface area contributed by atoms with Crippen molar-refractivity contribution in [2.24, 2.45) is 5.92 Å². The predicted molar refractivity (Wildman–Crippen MR) is 105 cm³/mol. The van der Waals surface area contributed by atoms with Crippen molar-refractivity contribution in [3.8, 4) is 0 Å². The maximum atomic E-state index is 13.1. The molecule has 7 nitrogen and oxygen atoms in total. The molecule has 2 fully saturated rings. The first kappa shape index (κ1) is 19.0. The Morgan fingerprint density at radius 1 is 1.07 bits per heavy atom. The summed E-state index contributed by atoms with van der Waals surface area (Å²) < 4.78 is 15.1. The molecular formula is C20H27FN6O. The Kier molecular flexibility index (Phi) is 5.97. The molecule has 0 bridgehead atoms. The van der Waals surface area contributed by atoms with E-state index in [1.54, 1.807) is 12.1 Å². The average Bonchev–Trinajstić information content (AvgIpc) is 3.15. The van der Waals surface area contributed by atoms with Gasteiger partial charge in [-0.2, -0.15) is 0 Å². The van der Waals surface area contributed by atoms with Crippen molar-refractivity contribution >= 4 is 11.6 Å². The smallest absolute Gasteiger partial charge is 0.278 e. The molecule has 0 radical (unpaired) electrons. The molecule has 150 valence electrons. The minimum absolute atomic E-state index is 0.270. The number of hydrogen-bond donors (Lipinski definition) is 3. The van der Waals surface area contributed by atoms with Crippen LogP contribution in [0.25, 0.3) is 0 Å². The van der Waals surface area contributed by atoms with Crippen LogP contribution in [0.5, 0.6) is 0 Å². The van der Waals surface area contributed by atoms with Gasteiger partial charge in [-0.05, 0) is 82.0 Å². The summed E-state index contributed by atoms with van der Waals surface area (Å²) >= 11 is 0. The summed E-state index contributed by atoms with van der Waals surface area (Å²) in [5.41, 5.74) is 1.89. The molecule has 2 saturated heterocycles. The van der Waals surface area contributed by atoms with Gasteiger partial charge in [0.1, 0.15) is 5.82 Å². The molecule has 1 amide bonds. The SMILES string of the molecule is O=C(Nc1ccc(F)cc1)c1nnn(CC2CCNCC2)c1C1CCNCC1. The zero-order valence-corrected chi connectivity index (χ0v) is 16.0. The number of carbonyl (C=O) groups is 1. The van der Waals surface area contributed by atoms with Crippen molar-refractivity contribution in [3.63, 3.8) is 0 Å². The quantitative estimate of drug-likeness (QED) is 0.733. The standard InChI is InChI=1S/C20H27FN6O/c21-16-1-3-17(4-2-16)24-20(28)18-19(15-7-11-23-12-8-15)27(26-25-18)13-14-5-9-22-10-6-14/h1-4,14-15,22-23H,5-13H2,(H,24,28). The van der Waals surface area contributed by atoms with Crippen molar-refractivity contribution in [2.45, 2.75) is 38.1 Å². The van der Waals surface area contributed by atoms with Crippen LogP contribution in [0, 0.1) is 11.7 Å². The Labute approximate surface area is 164 Å². The van der Waals surface area contributed by atoms with Crippen molar-refractivity contribution < 1.29 is 9.18 Å². The molecule has 0 saturated carbocycles. The van der Waals surface area contributed by atoms with E-state index < -0.39 is 0 Å². The van der Waals surface area contributed by atoms with E-state index in [1.165, 1.54) is 12.1 Å². The van der Waals surface area contributed by atoms with Gasteiger partial charge >= 0.3 is 0 Å². The first-order valence-corrected chi connectivity index (χ1v) is 10.1. The molecule has 0 aliphatic carbocycles. The third-order valence-corrected chi connectivity index (χ3v) is 5.71. The Balaban J connectivity index is 1.57. The molecular weight excluding hydrogens is 359 g/mol. The molecule has 0 spiro atoms. The number of nitrogens with zero attached hydrogens (tertiary/aromatic N) is 3. The van der Waals surface area contributed by atoms with Crippen LogP contribution in [0.4, 0.5) is 10.1 Å². The zero-order chi connectivity index (χ0) is 19.3. The van der Waals surface area contributed by atoms with Crippen LogP contribution >= 0.6 is 0 Å². The Morgan fingerprint density at radius 3 is 2.39 bits per heavy atom. The van der Waals surface area contributed by atoms with Gasteiger partial charge in [0.15, 0.2) is 5.69 Å². The number of rotatable bonds is 5. The van der Waals surface area contributed by atoms with Gasteiger partial charge in [-0.1, -0.05) is 5.21 Å². The maximum Gasteiger partial charge on any atom is 0.278 e. The summed E-state index contributed by atoms with van der Waals surface area (Å²) in [5, 5.41) is 18.2. The Morgan fingerprint density at radius 2 is 1.71 bits per heavy atom. The molecule has 0 unspecified atom stereocenters. The van der Waals surface area contributed by atoms with E-state index in [0.717, 1.165) is 64.1 Å². The van der Waals surface area contributed by atoms with Gasteiger partial charge in [0, 0.05) is 18.2 Å². The fraction of sp³-hybridized carbons (Fsp3) is 0.550. The molecule has 2 aromatic rings. The van der Waals surface area contributed by atoms with Gasteiger partial charge in [-0.3, -0.25) is 4.79 Å². The van der Waals surface area contributed by atoms with E-state index in [0.29, 0.717) is 17.3 Å². The van der Waals surface area contributed by atoms with Crippen molar-refractivity contribution in [3.05, 3.63) is 41.5 Å². The van der Waals surface area contributed by atoms with Crippen LogP contribution in [0.2, 0.25) is 0 Å². The van der Waals surface area contributed by atoms with E-state index >= 15 is 0 Å². The van der Waals surface area contributed by atoms with Crippen LogP contribution in [-0.4, -0.2) is 47.1 Å². The Hall–Kier alpha value is -2.32. The minimum Gasteiger partial charge on any atom is -0.321 e. The Bertz CT molecular complexity index is 794. The molecule has 0 atom stereocenters. The molecule has 8 heteroatoms. The molecule has 3 N–H and O–H groups in total. The molecule has 1 aromatic carbocycles. The predicted octanol–water partition coefficient (Wildman–Crippen LogP) is 2.14. The minimum atomic E-state index is -0.332. The molecule has 3 heterocycles. The van der Waals surface area contributed by atoms with Crippen LogP contribution in [0.15, 0.2) is 24.3 Å². The summed E-state index contributed by atoms with van der Waals surface area (Å²) in [6.45, 7) is 4.72. The second-order valence-electron chi connectivity index (χ2n) is 7.68. The fourth-order valence-electron chi connectivity index (χ4n) is 4.15. The highest BCUT2D eigenvalue weighted by molar-refractivity contribution is 6.03. The van der Waals surface area contributed by atoms with Gasteiger partial charge < -0.3 is 16.0 Å². The summed E-state index contributed by atoms with van der Waals surface area (Å²) in [6, 6.07) is 5.77. The van der Waals surface area contributed by atoms with Gasteiger partial charge in [0.25, 0.3) is 5.91 Å². The van der Waals surface area contributed by atoms with E-state index in [2.05, 4.69) is 26.3 Å². The molecule has 2 aliphatic rings. The summed E-state index contributed by atoms with van der Waals surface area (Å²) in [4.78, 5) is 12.9. The number of anilines is 1. The van der Waals surface area contributed by atoms with Crippen LogP contribution in [0.1, 0.15) is 47.8 Å². The molecule has 1 aromatic heterocycles. The van der Waals surface area contributed by atoms with E-state index in [-0.39, 0.29) is 17.6 Å². The lowest BCUT2D eigenvalue weighted by Gasteiger charge is -2.26. The number of nitrogens with one attached hydrogen (secondary N) is 3. The highest BCUT2D eigenvalue weighted by Gasteiger charge is 2.29. The average molecular weight is 386 g/mol. The van der Waals surface area contributed by atoms with E-state index in [4.69, 9.17) is 0 Å². The van der Waals surface area contributed by atoms with Gasteiger partial charge in [0.2, 0.25) is 0 Å². The second-order valence-corrected chi connectivity index (χ2v) is 7.68. The number of benzene rings is 1. The maximum absolute atomic E-state index is 13.1. The normalized spacial score (nSPS) is 18.9. The number of amides is 1. The number of carbonyl (C=O) groups excluding carboxylic acids is 1. The van der Waals surface area contributed by atoms with Crippen LogP contribution in [-0.2, 0) is 6.54 Å². The third-order valence-electron chi connectivity index (χ3n) is 5.71. The van der Waals surface area contributed by atoms with Crippen molar-refractivity contribution in [2.75, 3.05) is 31.5 Å². The monoisotopic (exact) mass is 386 g/mol. The van der Waals surface area contributed by atoms with Crippen LogP contribution < -0.4 is 16.0 Å². The summed E-state index contributed by atoms with van der Waals surface area (Å²) in [5.74, 6) is 0.210.